The van der Waals surface area contributed by atoms with Gasteiger partial charge in [-0.1, -0.05) is 277 Å². The largest absolute Gasteiger partial charge is 0.0776 e. The topological polar surface area (TPSA) is 0 Å². The molecule has 82 heavy (non-hydrogen) atoms. The standard InChI is InChI=1S/C32H32.C28H23Br.C18H10Br2.CH4.H2/c1-3-5-7-23-9-12-25(13-10-23)26-14-18-30-28(22-26)16-20-31-29-17-11-24(8-6-4-2)21-27(29)15-19-32(30)31;1-2-3-4-19-5-7-20(8-6-19)21-9-13-25-22(17-21)10-14-28-26-16-12-24(29)18-23(26)11-15-27(25)28;19-13-3-7-15-11(9-13)1-5-17-16-8-4-14(20)10-12(16)2-6-18(15)17;;/h9-22H,3-8H2,1-2H3;5-18H,2-4H2,1H3;1-10H;1H4;1H/i;;;;1+1. The second-order valence-electron chi connectivity index (χ2n) is 21.9. The van der Waals surface area contributed by atoms with Gasteiger partial charge in [-0.15, -0.1) is 0 Å². The molecule has 0 nitrogen and oxygen atoms in total. The molecule has 0 N–H and O–H groups in total. The van der Waals surface area contributed by atoms with Crippen LogP contribution in [-0.2, 0) is 19.3 Å². The number of fused-ring (bicyclic) bond motifs is 15. The van der Waals surface area contributed by atoms with Crippen LogP contribution in [0.4, 0.5) is 0 Å². The first-order valence-electron chi connectivity index (χ1n) is 29.0. The van der Waals surface area contributed by atoms with Crippen LogP contribution in [0.25, 0.3) is 119 Å². The van der Waals surface area contributed by atoms with E-state index in [4.69, 9.17) is 0 Å². The second kappa shape index (κ2) is 25.6. The van der Waals surface area contributed by atoms with E-state index in [1.165, 1.54) is 194 Å². The number of halogens is 3. The van der Waals surface area contributed by atoms with Crippen molar-refractivity contribution in [2.75, 3.05) is 0 Å². The first-order chi connectivity index (χ1) is 39.7. The Morgan fingerprint density at radius 2 is 0.463 bits per heavy atom. The number of benzene rings is 14. The van der Waals surface area contributed by atoms with Crippen LogP contribution in [0.2, 0.25) is 0 Å². The third-order valence-electron chi connectivity index (χ3n) is 16.5. The summed E-state index contributed by atoms with van der Waals surface area (Å²) in [5.41, 5.74) is 9.47. The van der Waals surface area contributed by atoms with Crippen LogP contribution < -0.4 is 0 Å². The fourth-order valence-electron chi connectivity index (χ4n) is 12.0. The van der Waals surface area contributed by atoms with Crippen LogP contribution in [0.15, 0.2) is 244 Å². The number of hydrogen-bond acceptors (Lipinski definition) is 0. The summed E-state index contributed by atoms with van der Waals surface area (Å²) in [6, 6.07) is 85.5. The van der Waals surface area contributed by atoms with Crippen molar-refractivity contribution >= 4 is 145 Å². The summed E-state index contributed by atoms with van der Waals surface area (Å²) in [6.07, 6.45) is 11.0. The molecule has 3 heteroatoms. The fraction of sp³-hybridized carbons (Fsp3) is 0.165. The quantitative estimate of drug-likeness (QED) is 0.113. The molecule has 408 valence electrons. The fourth-order valence-corrected chi connectivity index (χ4v) is 13.1. The Hall–Kier alpha value is -7.14. The summed E-state index contributed by atoms with van der Waals surface area (Å²) in [5.74, 6) is 0. The third kappa shape index (κ3) is 12.0. The van der Waals surface area contributed by atoms with Crippen molar-refractivity contribution in [1.29, 1.82) is 0 Å². The average molecular weight is 1260 g/mol. The van der Waals surface area contributed by atoms with Gasteiger partial charge in [0.15, 0.2) is 0 Å². The van der Waals surface area contributed by atoms with Gasteiger partial charge in [-0.05, 0) is 223 Å². The molecule has 14 aromatic carbocycles. The van der Waals surface area contributed by atoms with Crippen LogP contribution in [0.3, 0.4) is 0 Å². The maximum atomic E-state index is 3.58. The molecule has 14 aromatic rings. The van der Waals surface area contributed by atoms with E-state index in [1.807, 2.05) is 0 Å². The Labute approximate surface area is 511 Å². The number of hydrogen-bond donors (Lipinski definition) is 0. The van der Waals surface area contributed by atoms with Gasteiger partial charge in [0.1, 0.15) is 0 Å². The molecule has 0 saturated heterocycles. The Balaban J connectivity index is 0.000000141. The molecule has 0 atom stereocenters. The van der Waals surface area contributed by atoms with Gasteiger partial charge in [0.25, 0.3) is 0 Å². The normalized spacial score (nSPS) is 11.4. The number of unbranched alkanes of at least 4 members (excludes halogenated alkanes) is 3. The van der Waals surface area contributed by atoms with Gasteiger partial charge in [-0.25, -0.2) is 0 Å². The molecule has 0 aromatic heterocycles. The van der Waals surface area contributed by atoms with Crippen molar-refractivity contribution in [2.45, 2.75) is 86.0 Å². The molecular weight excluding hydrogens is 1190 g/mol. The van der Waals surface area contributed by atoms with Gasteiger partial charge >= 0.3 is 0 Å². The van der Waals surface area contributed by atoms with E-state index in [0.29, 0.717) is 0 Å². The average Bonchev–Trinajstić information content (AvgIpc) is 3.70. The maximum absolute atomic E-state index is 3.58. The van der Waals surface area contributed by atoms with Crippen LogP contribution in [0, 0.1) is 0 Å². The highest BCUT2D eigenvalue weighted by molar-refractivity contribution is 9.11. The third-order valence-corrected chi connectivity index (χ3v) is 18.0. The Kier molecular flexibility index (Phi) is 17.7. The van der Waals surface area contributed by atoms with E-state index < -0.39 is 0 Å². The molecule has 0 radical (unpaired) electrons. The van der Waals surface area contributed by atoms with Crippen molar-refractivity contribution in [3.05, 3.63) is 261 Å². The molecule has 0 fully saturated rings. The zero-order valence-electron chi connectivity index (χ0n) is 46.4. The van der Waals surface area contributed by atoms with Crippen molar-refractivity contribution in [3.63, 3.8) is 0 Å². The summed E-state index contributed by atoms with van der Waals surface area (Å²) < 4.78 is 3.36. The highest BCUT2D eigenvalue weighted by atomic mass is 79.9. The summed E-state index contributed by atoms with van der Waals surface area (Å²) in [7, 11) is 0. The Morgan fingerprint density at radius 1 is 0.232 bits per heavy atom. The minimum Gasteiger partial charge on any atom is -0.0776 e. The van der Waals surface area contributed by atoms with E-state index in [1.54, 1.807) is 0 Å². The minimum atomic E-state index is 0. The van der Waals surface area contributed by atoms with E-state index in [-0.39, 0.29) is 8.85 Å². The summed E-state index contributed by atoms with van der Waals surface area (Å²) in [5, 5.41) is 23.6. The number of rotatable bonds is 11. The molecule has 0 heterocycles. The second-order valence-corrected chi connectivity index (χ2v) is 24.7. The van der Waals surface area contributed by atoms with Crippen molar-refractivity contribution < 1.29 is 1.43 Å². The van der Waals surface area contributed by atoms with Crippen LogP contribution in [0.1, 0.15) is 84.8 Å². The van der Waals surface area contributed by atoms with Crippen molar-refractivity contribution in [2.24, 2.45) is 0 Å². The molecule has 0 saturated carbocycles. The summed E-state index contributed by atoms with van der Waals surface area (Å²) in [4.78, 5) is 0. The van der Waals surface area contributed by atoms with Crippen LogP contribution in [0.5, 0.6) is 0 Å². The van der Waals surface area contributed by atoms with E-state index in [0.717, 1.165) is 13.4 Å². The predicted octanol–water partition coefficient (Wildman–Crippen LogP) is 26.0. The van der Waals surface area contributed by atoms with Gasteiger partial charge in [0.2, 0.25) is 0 Å². The minimum absolute atomic E-state index is 0. The van der Waals surface area contributed by atoms with Gasteiger partial charge < -0.3 is 0 Å². The van der Waals surface area contributed by atoms with Crippen molar-refractivity contribution in [3.8, 4) is 22.3 Å². The molecular formula is C79H71Br3. The smallest absolute Gasteiger partial charge is 0.0181 e. The molecule has 14 rings (SSSR count). The molecule has 0 spiro atoms. The van der Waals surface area contributed by atoms with Crippen LogP contribution in [-0.4, -0.2) is 0 Å². The lowest BCUT2D eigenvalue weighted by molar-refractivity contribution is 0.795. The highest BCUT2D eigenvalue weighted by Gasteiger charge is 2.11. The van der Waals surface area contributed by atoms with Crippen LogP contribution >= 0.6 is 47.8 Å². The molecule has 0 amide bonds. The lowest BCUT2D eigenvalue weighted by Gasteiger charge is -2.11. The van der Waals surface area contributed by atoms with Gasteiger partial charge in [-0.3, -0.25) is 0 Å². The molecule has 0 unspecified atom stereocenters. The Morgan fingerprint density at radius 3 is 0.780 bits per heavy atom. The zero-order chi connectivity index (χ0) is 55.4. The van der Waals surface area contributed by atoms with Gasteiger partial charge in [0, 0.05) is 14.8 Å². The highest BCUT2D eigenvalue weighted by Crippen LogP contribution is 2.38. The Bertz CT molecular complexity index is 4540. The van der Waals surface area contributed by atoms with Crippen molar-refractivity contribution in [1.82, 2.24) is 0 Å². The van der Waals surface area contributed by atoms with Gasteiger partial charge in [-0.2, -0.15) is 0 Å². The number of aryl methyl sites for hydroxylation is 3. The summed E-state index contributed by atoms with van der Waals surface area (Å²) >= 11 is 10.7. The maximum Gasteiger partial charge on any atom is 0.0181 e. The molecule has 0 bridgehead atoms. The van der Waals surface area contributed by atoms with Gasteiger partial charge in [0.05, 0.1) is 0 Å². The lowest BCUT2D eigenvalue weighted by atomic mass is 9.93. The SMILES string of the molecule is Brc1ccc2c(ccc3c4ccc(Br)cc4ccc23)c1.C.CCCCc1ccc(-c2ccc3c(ccc4c5ccc(Br)cc5ccc34)c2)cc1.CCCCc1ccc(-c2ccc3c(ccc4c5ccc(CCCC)cc5ccc34)c2)cc1.[2HH]. The molecule has 0 aliphatic heterocycles. The molecule has 0 aliphatic rings. The zero-order valence-corrected chi connectivity index (χ0v) is 51.2. The van der Waals surface area contributed by atoms with E-state index in [2.05, 4.69) is 299 Å². The summed E-state index contributed by atoms with van der Waals surface area (Å²) in [6.45, 7) is 6.75. The monoisotopic (exact) mass is 1260 g/mol. The lowest BCUT2D eigenvalue weighted by Crippen LogP contribution is -1.87. The molecule has 0 aliphatic carbocycles. The van der Waals surface area contributed by atoms with E-state index in [9.17, 15) is 0 Å². The first-order valence-corrected chi connectivity index (χ1v) is 31.4. The first kappa shape index (κ1) is 56.7. The van der Waals surface area contributed by atoms with E-state index >= 15 is 0 Å². The predicted molar refractivity (Wildman–Crippen MR) is 376 cm³/mol.